The first-order chi connectivity index (χ1) is 11.6. The summed E-state index contributed by atoms with van der Waals surface area (Å²) in [5.41, 5.74) is 4.03. The van der Waals surface area contributed by atoms with E-state index in [1.54, 1.807) is 0 Å². The summed E-state index contributed by atoms with van der Waals surface area (Å²) in [7, 11) is 0. The number of aromatic amines is 1. The van der Waals surface area contributed by atoms with Gasteiger partial charge >= 0.3 is 5.63 Å². The minimum absolute atomic E-state index is 0.301. The van der Waals surface area contributed by atoms with Gasteiger partial charge in [-0.3, -0.25) is 0 Å². The van der Waals surface area contributed by atoms with Crippen molar-refractivity contribution < 1.29 is 4.42 Å². The summed E-state index contributed by atoms with van der Waals surface area (Å²) in [5.74, 6) is 0.496. The predicted octanol–water partition coefficient (Wildman–Crippen LogP) is 5.14. The maximum absolute atomic E-state index is 12.6. The molecular weight excluding hydrogens is 298 g/mol. The molecule has 0 unspecified atom stereocenters. The van der Waals surface area contributed by atoms with Gasteiger partial charge in [0.2, 0.25) is 0 Å². The van der Waals surface area contributed by atoms with E-state index in [0.29, 0.717) is 17.1 Å². The van der Waals surface area contributed by atoms with E-state index in [1.807, 2.05) is 48.5 Å². The number of nitrogens with one attached hydrogen (secondary N) is 1. The van der Waals surface area contributed by atoms with Crippen LogP contribution in [0.25, 0.3) is 33.1 Å². The Labute approximate surface area is 139 Å². The lowest BCUT2D eigenvalue weighted by Gasteiger charge is -2.08. The van der Waals surface area contributed by atoms with E-state index < -0.39 is 0 Å². The largest absolute Gasteiger partial charge is 0.422 e. The van der Waals surface area contributed by atoms with Crippen molar-refractivity contribution in [1.29, 1.82) is 0 Å². The van der Waals surface area contributed by atoms with Crippen LogP contribution in [0.2, 0.25) is 0 Å². The van der Waals surface area contributed by atoms with Crippen molar-refractivity contribution in [3.63, 3.8) is 0 Å². The van der Waals surface area contributed by atoms with Crippen LogP contribution < -0.4 is 5.63 Å². The molecule has 4 aromatic rings. The summed E-state index contributed by atoms with van der Waals surface area (Å²) in [6.07, 6.45) is 0.908. The highest BCUT2D eigenvalue weighted by atomic mass is 16.4. The number of fused-ring (bicyclic) bond motifs is 2. The molecule has 3 heteroatoms. The molecule has 0 spiro atoms. The van der Waals surface area contributed by atoms with Crippen LogP contribution in [0.4, 0.5) is 0 Å². The Morgan fingerprint density at radius 3 is 2.62 bits per heavy atom. The lowest BCUT2D eigenvalue weighted by molar-refractivity contribution is 0.563. The molecule has 2 aromatic heterocycles. The van der Waals surface area contributed by atoms with Gasteiger partial charge in [0.05, 0.1) is 11.3 Å². The predicted molar refractivity (Wildman–Crippen MR) is 98.3 cm³/mol. The molecule has 1 N–H and O–H groups in total. The van der Waals surface area contributed by atoms with Crippen molar-refractivity contribution in [2.45, 2.75) is 20.3 Å². The molecule has 120 valence electrons. The fourth-order valence-electron chi connectivity index (χ4n) is 3.29. The molecule has 0 saturated heterocycles. The van der Waals surface area contributed by atoms with E-state index in [-0.39, 0.29) is 5.63 Å². The number of H-pyrrole nitrogens is 1. The summed E-state index contributed by atoms with van der Waals surface area (Å²) in [6, 6.07) is 17.7. The summed E-state index contributed by atoms with van der Waals surface area (Å²) in [6.45, 7) is 4.38. The normalized spacial score (nSPS) is 11.6. The van der Waals surface area contributed by atoms with Crippen molar-refractivity contribution in [2.24, 2.45) is 5.92 Å². The Balaban J connectivity index is 2.02. The van der Waals surface area contributed by atoms with Crippen LogP contribution in [0.3, 0.4) is 0 Å². The summed E-state index contributed by atoms with van der Waals surface area (Å²) < 4.78 is 5.53. The Morgan fingerprint density at radius 2 is 1.79 bits per heavy atom. The Hall–Kier alpha value is -2.81. The quantitative estimate of drug-likeness (QED) is 0.532. The van der Waals surface area contributed by atoms with Crippen molar-refractivity contribution in [3.05, 3.63) is 70.6 Å². The molecule has 2 aromatic carbocycles. The maximum Gasteiger partial charge on any atom is 0.345 e. The first-order valence-corrected chi connectivity index (χ1v) is 8.26. The molecule has 0 bridgehead atoms. The van der Waals surface area contributed by atoms with Crippen LogP contribution in [-0.2, 0) is 6.42 Å². The number of hydrogen-bond acceptors (Lipinski definition) is 2. The van der Waals surface area contributed by atoms with Gasteiger partial charge in [0, 0.05) is 16.3 Å². The van der Waals surface area contributed by atoms with Gasteiger partial charge in [0.15, 0.2) is 0 Å². The zero-order valence-corrected chi connectivity index (χ0v) is 13.8. The van der Waals surface area contributed by atoms with Gasteiger partial charge in [-0.2, -0.15) is 0 Å². The SMILES string of the molecule is CC(C)Cc1c(-c2cc3ccccc3oc2=O)[nH]c2ccccc12. The molecule has 0 aliphatic carbocycles. The molecule has 24 heavy (non-hydrogen) atoms. The van der Waals surface area contributed by atoms with E-state index in [9.17, 15) is 4.79 Å². The van der Waals surface area contributed by atoms with Gasteiger partial charge in [0.1, 0.15) is 5.58 Å². The van der Waals surface area contributed by atoms with Crippen molar-refractivity contribution >= 4 is 21.9 Å². The van der Waals surface area contributed by atoms with E-state index in [0.717, 1.165) is 23.0 Å². The lowest BCUT2D eigenvalue weighted by atomic mass is 9.97. The summed E-state index contributed by atoms with van der Waals surface area (Å²) in [5, 5.41) is 2.11. The second-order valence-electron chi connectivity index (χ2n) is 6.61. The van der Waals surface area contributed by atoms with E-state index in [2.05, 4.69) is 24.9 Å². The van der Waals surface area contributed by atoms with Crippen molar-refractivity contribution in [3.8, 4) is 11.3 Å². The zero-order chi connectivity index (χ0) is 16.7. The van der Waals surface area contributed by atoms with E-state index in [1.165, 1.54) is 10.9 Å². The van der Waals surface area contributed by atoms with Gasteiger partial charge in [-0.15, -0.1) is 0 Å². The van der Waals surface area contributed by atoms with E-state index >= 15 is 0 Å². The fraction of sp³-hybridized carbons (Fsp3) is 0.190. The highest BCUT2D eigenvalue weighted by Crippen LogP contribution is 2.31. The smallest absolute Gasteiger partial charge is 0.345 e. The summed E-state index contributed by atoms with van der Waals surface area (Å²) >= 11 is 0. The molecule has 0 saturated carbocycles. The van der Waals surface area contributed by atoms with Crippen molar-refractivity contribution in [2.75, 3.05) is 0 Å². The van der Waals surface area contributed by atoms with E-state index in [4.69, 9.17) is 4.42 Å². The molecule has 0 atom stereocenters. The van der Waals surface area contributed by atoms with Gasteiger partial charge < -0.3 is 9.40 Å². The van der Waals surface area contributed by atoms with Crippen LogP contribution in [0.15, 0.2) is 63.8 Å². The number of hydrogen-bond donors (Lipinski definition) is 1. The molecule has 4 rings (SSSR count). The number of benzene rings is 2. The fourth-order valence-corrected chi connectivity index (χ4v) is 3.29. The maximum atomic E-state index is 12.6. The molecule has 2 heterocycles. The minimum atomic E-state index is -0.301. The molecule has 0 radical (unpaired) electrons. The monoisotopic (exact) mass is 317 g/mol. The third-order valence-electron chi connectivity index (χ3n) is 4.34. The Bertz CT molecular complexity index is 1090. The van der Waals surface area contributed by atoms with Crippen LogP contribution in [0.1, 0.15) is 19.4 Å². The highest BCUT2D eigenvalue weighted by molar-refractivity contribution is 5.92. The average molecular weight is 317 g/mol. The third kappa shape index (κ3) is 2.42. The molecule has 3 nitrogen and oxygen atoms in total. The minimum Gasteiger partial charge on any atom is -0.422 e. The lowest BCUT2D eigenvalue weighted by Crippen LogP contribution is -2.05. The Morgan fingerprint density at radius 1 is 1.04 bits per heavy atom. The summed E-state index contributed by atoms with van der Waals surface area (Å²) in [4.78, 5) is 16.0. The van der Waals surface area contributed by atoms with Gasteiger partial charge in [-0.1, -0.05) is 50.2 Å². The molecule has 0 fully saturated rings. The topological polar surface area (TPSA) is 46.0 Å². The van der Waals surface area contributed by atoms with Gasteiger partial charge in [-0.25, -0.2) is 4.79 Å². The van der Waals surface area contributed by atoms with Crippen LogP contribution in [0, 0.1) is 5.92 Å². The first kappa shape index (κ1) is 14.8. The standard InChI is InChI=1S/C21H19NO2/c1-13(2)11-16-15-8-4-5-9-18(15)22-20(16)17-12-14-7-3-6-10-19(14)24-21(17)23/h3-10,12-13,22H,11H2,1-2H3. The number of aromatic nitrogens is 1. The Kier molecular flexibility index (Phi) is 3.49. The molecule has 0 aliphatic rings. The second kappa shape index (κ2) is 5.68. The molecule has 0 aliphatic heterocycles. The third-order valence-corrected chi connectivity index (χ3v) is 4.34. The molecule has 0 amide bonds. The number of rotatable bonds is 3. The van der Waals surface area contributed by atoms with Gasteiger partial charge in [0.25, 0.3) is 0 Å². The zero-order valence-electron chi connectivity index (χ0n) is 13.8. The van der Waals surface area contributed by atoms with Crippen molar-refractivity contribution in [1.82, 2.24) is 4.98 Å². The van der Waals surface area contributed by atoms with Crippen LogP contribution in [0.5, 0.6) is 0 Å². The van der Waals surface area contributed by atoms with Gasteiger partial charge in [-0.05, 0) is 36.1 Å². The molecular formula is C21H19NO2. The second-order valence-corrected chi connectivity index (χ2v) is 6.61. The average Bonchev–Trinajstić information content (AvgIpc) is 2.92. The highest BCUT2D eigenvalue weighted by Gasteiger charge is 2.17. The van der Waals surface area contributed by atoms with Crippen LogP contribution in [-0.4, -0.2) is 4.98 Å². The first-order valence-electron chi connectivity index (χ1n) is 8.26. The number of para-hydroxylation sites is 2. The van der Waals surface area contributed by atoms with Crippen LogP contribution >= 0.6 is 0 Å².